The lowest BCUT2D eigenvalue weighted by Crippen LogP contribution is -2.45. The summed E-state index contributed by atoms with van der Waals surface area (Å²) >= 11 is 1.76. The predicted molar refractivity (Wildman–Crippen MR) is 90.4 cm³/mol. The minimum atomic E-state index is -3.26. The van der Waals surface area contributed by atoms with E-state index in [1.165, 1.54) is 4.31 Å². The quantitative estimate of drug-likeness (QED) is 0.681. The lowest BCUT2D eigenvalue weighted by atomic mass is 10.0. The third kappa shape index (κ3) is 7.69. The highest BCUT2D eigenvalue weighted by Crippen LogP contribution is 2.13. The Balaban J connectivity index is 0.00000400. The number of nitrogens with zero attached hydrogens (tertiary/aromatic N) is 1. The highest BCUT2D eigenvalue weighted by molar-refractivity contribution is 7.99. The molecule has 1 rings (SSSR count). The molecule has 9 heteroatoms. The van der Waals surface area contributed by atoms with Gasteiger partial charge in [-0.3, -0.25) is 4.79 Å². The second-order valence-electron chi connectivity index (χ2n) is 5.35. The first-order valence-electron chi connectivity index (χ1n) is 6.92. The summed E-state index contributed by atoms with van der Waals surface area (Å²) in [4.78, 5) is 11.7. The second kappa shape index (κ2) is 9.89. The van der Waals surface area contributed by atoms with Crippen molar-refractivity contribution < 1.29 is 13.2 Å². The summed E-state index contributed by atoms with van der Waals surface area (Å²) in [6.45, 7) is 5.23. The topological polar surface area (TPSA) is 92.5 Å². The summed E-state index contributed by atoms with van der Waals surface area (Å²) in [5, 5.41) is 2.61. The lowest BCUT2D eigenvalue weighted by Gasteiger charge is -2.25. The van der Waals surface area contributed by atoms with Gasteiger partial charge in [0.2, 0.25) is 15.9 Å². The molecule has 0 aliphatic carbocycles. The molecule has 0 aromatic rings. The minimum Gasteiger partial charge on any atom is -0.354 e. The molecule has 1 aliphatic rings. The number of nitrogens with one attached hydrogen (secondary N) is 1. The van der Waals surface area contributed by atoms with Gasteiger partial charge in [-0.1, -0.05) is 13.8 Å². The van der Waals surface area contributed by atoms with Crippen molar-refractivity contribution in [3.63, 3.8) is 0 Å². The fraction of sp³-hybridized carbons (Fsp3) is 0.917. The van der Waals surface area contributed by atoms with Crippen molar-refractivity contribution in [3.05, 3.63) is 0 Å². The van der Waals surface area contributed by atoms with E-state index in [1.54, 1.807) is 11.8 Å². The van der Waals surface area contributed by atoms with E-state index in [0.717, 1.165) is 11.5 Å². The summed E-state index contributed by atoms with van der Waals surface area (Å²) in [6, 6.07) is -0.566. The standard InChI is InChI=1S/C12H25N3O3S2.ClH/c1-10(2)9-11(13)12(16)14-3-8-20(17,18)15-4-6-19-7-5-15;/h10-11H,3-9,13H2,1-2H3,(H,14,16);1H/t11-;/m0./s1. The molecular weight excluding hydrogens is 334 g/mol. The van der Waals surface area contributed by atoms with Crippen LogP contribution in [0, 0.1) is 5.92 Å². The first kappa shape index (κ1) is 21.0. The highest BCUT2D eigenvalue weighted by Gasteiger charge is 2.24. The smallest absolute Gasteiger partial charge is 0.236 e. The summed E-state index contributed by atoms with van der Waals surface area (Å²) < 4.78 is 25.6. The van der Waals surface area contributed by atoms with E-state index in [1.807, 2.05) is 13.8 Å². The predicted octanol–water partition coefficient (Wildman–Crippen LogP) is 0.276. The number of amides is 1. The molecule has 1 aliphatic heterocycles. The van der Waals surface area contributed by atoms with Crippen molar-refractivity contribution in [1.29, 1.82) is 0 Å². The van der Waals surface area contributed by atoms with E-state index in [-0.39, 0.29) is 30.6 Å². The van der Waals surface area contributed by atoms with E-state index in [9.17, 15) is 13.2 Å². The Bertz CT molecular complexity index is 412. The van der Waals surface area contributed by atoms with Crippen LogP contribution in [-0.4, -0.2) is 61.6 Å². The first-order chi connectivity index (χ1) is 9.33. The number of hydrogen-bond acceptors (Lipinski definition) is 5. The van der Waals surface area contributed by atoms with Gasteiger partial charge in [-0.15, -0.1) is 12.4 Å². The number of hydrogen-bond donors (Lipinski definition) is 2. The lowest BCUT2D eigenvalue weighted by molar-refractivity contribution is -0.122. The Kier molecular flexibility index (Phi) is 9.88. The van der Waals surface area contributed by atoms with Crippen molar-refractivity contribution in [2.45, 2.75) is 26.3 Å². The molecule has 21 heavy (non-hydrogen) atoms. The first-order valence-corrected chi connectivity index (χ1v) is 9.68. The number of carbonyl (C=O) groups is 1. The SMILES string of the molecule is CC(C)C[C@H](N)C(=O)NCCS(=O)(=O)N1CCSCC1.Cl. The molecule has 0 aromatic carbocycles. The third-order valence-corrected chi connectivity index (χ3v) is 5.90. The third-order valence-electron chi connectivity index (χ3n) is 3.08. The van der Waals surface area contributed by atoms with Crippen LogP contribution in [0.4, 0.5) is 0 Å². The molecule has 0 spiro atoms. The molecule has 0 bridgehead atoms. The van der Waals surface area contributed by atoms with Crippen LogP contribution in [0.1, 0.15) is 20.3 Å². The van der Waals surface area contributed by atoms with Gasteiger partial charge in [-0.05, 0) is 12.3 Å². The Labute approximate surface area is 138 Å². The van der Waals surface area contributed by atoms with Gasteiger partial charge < -0.3 is 11.1 Å². The van der Waals surface area contributed by atoms with Crippen LogP contribution in [0.25, 0.3) is 0 Å². The molecule has 1 fully saturated rings. The average Bonchev–Trinajstić information content (AvgIpc) is 2.38. The maximum atomic E-state index is 12.0. The van der Waals surface area contributed by atoms with Crippen LogP contribution in [-0.2, 0) is 14.8 Å². The van der Waals surface area contributed by atoms with Gasteiger partial charge in [0.1, 0.15) is 0 Å². The minimum absolute atomic E-state index is 0. The van der Waals surface area contributed by atoms with Crippen LogP contribution in [0.3, 0.4) is 0 Å². The van der Waals surface area contributed by atoms with Crippen molar-refractivity contribution in [2.24, 2.45) is 11.7 Å². The van der Waals surface area contributed by atoms with Crippen molar-refractivity contribution in [2.75, 3.05) is 36.9 Å². The zero-order valence-corrected chi connectivity index (χ0v) is 15.0. The van der Waals surface area contributed by atoms with E-state index in [4.69, 9.17) is 5.73 Å². The molecule has 1 saturated heterocycles. The van der Waals surface area contributed by atoms with Gasteiger partial charge in [0.25, 0.3) is 0 Å². The molecule has 0 saturated carbocycles. The van der Waals surface area contributed by atoms with Gasteiger partial charge in [-0.2, -0.15) is 11.8 Å². The van der Waals surface area contributed by atoms with Gasteiger partial charge >= 0.3 is 0 Å². The zero-order valence-electron chi connectivity index (χ0n) is 12.6. The van der Waals surface area contributed by atoms with Crippen LogP contribution in [0.2, 0.25) is 0 Å². The van der Waals surface area contributed by atoms with Gasteiger partial charge in [0.15, 0.2) is 0 Å². The molecular formula is C12H26ClN3O3S2. The molecule has 1 amide bonds. The highest BCUT2D eigenvalue weighted by atomic mass is 35.5. The van der Waals surface area contributed by atoms with Crippen LogP contribution >= 0.6 is 24.2 Å². The van der Waals surface area contributed by atoms with Gasteiger partial charge in [-0.25, -0.2) is 12.7 Å². The molecule has 1 heterocycles. The summed E-state index contributed by atoms with van der Waals surface area (Å²) in [6.07, 6.45) is 0.599. The summed E-state index contributed by atoms with van der Waals surface area (Å²) in [7, 11) is -3.26. The Morgan fingerprint density at radius 2 is 1.90 bits per heavy atom. The van der Waals surface area contributed by atoms with Crippen molar-refractivity contribution >= 4 is 40.1 Å². The fourth-order valence-electron chi connectivity index (χ4n) is 2.00. The van der Waals surface area contributed by atoms with E-state index in [2.05, 4.69) is 5.32 Å². The second-order valence-corrected chi connectivity index (χ2v) is 8.67. The number of sulfonamides is 1. The van der Waals surface area contributed by atoms with Crippen LogP contribution in [0.5, 0.6) is 0 Å². The Morgan fingerprint density at radius 1 is 1.33 bits per heavy atom. The van der Waals surface area contributed by atoms with E-state index >= 15 is 0 Å². The number of thioether (sulfide) groups is 1. The molecule has 6 nitrogen and oxygen atoms in total. The maximum absolute atomic E-state index is 12.0. The summed E-state index contributed by atoms with van der Waals surface area (Å²) in [5.74, 6) is 1.68. The summed E-state index contributed by atoms with van der Waals surface area (Å²) in [5.41, 5.74) is 5.74. The Hall–Kier alpha value is -0.0200. The molecule has 0 aromatic heterocycles. The van der Waals surface area contributed by atoms with Crippen molar-refractivity contribution in [3.8, 4) is 0 Å². The normalized spacial score (nSPS) is 18.1. The van der Waals surface area contributed by atoms with Crippen LogP contribution < -0.4 is 11.1 Å². The van der Waals surface area contributed by atoms with E-state index in [0.29, 0.717) is 25.4 Å². The van der Waals surface area contributed by atoms with E-state index < -0.39 is 16.1 Å². The molecule has 0 unspecified atom stereocenters. The molecule has 1 atom stereocenters. The zero-order chi connectivity index (χ0) is 15.2. The monoisotopic (exact) mass is 359 g/mol. The van der Waals surface area contributed by atoms with Gasteiger partial charge in [0.05, 0.1) is 11.8 Å². The number of carbonyl (C=O) groups excluding carboxylic acids is 1. The maximum Gasteiger partial charge on any atom is 0.236 e. The number of nitrogens with two attached hydrogens (primary N) is 1. The van der Waals surface area contributed by atoms with Gasteiger partial charge in [0, 0.05) is 31.1 Å². The Morgan fingerprint density at radius 3 is 2.43 bits per heavy atom. The fourth-order valence-corrected chi connectivity index (χ4v) is 4.49. The van der Waals surface area contributed by atoms with Crippen molar-refractivity contribution in [1.82, 2.24) is 9.62 Å². The largest absolute Gasteiger partial charge is 0.354 e. The molecule has 126 valence electrons. The average molecular weight is 360 g/mol. The number of rotatable bonds is 7. The molecule has 3 N–H and O–H groups in total. The molecule has 0 radical (unpaired) electrons. The van der Waals surface area contributed by atoms with Crippen LogP contribution in [0.15, 0.2) is 0 Å². The number of halogens is 1.